The zero-order valence-corrected chi connectivity index (χ0v) is 24.4. The first-order valence-corrected chi connectivity index (χ1v) is 17.2. The minimum absolute atomic E-state index is 0.0360. The van der Waals surface area contributed by atoms with Crippen LogP contribution in [0.3, 0.4) is 0 Å². The molecule has 0 N–H and O–H groups in total. The zero-order valence-electron chi connectivity index (χ0n) is 23.4. The third-order valence-corrected chi connectivity index (χ3v) is 8.86. The SMILES string of the molecule is Cc1cn(CC(F)F)nc1-c1cnc2c(c1)c(N1C[C@@H](F)C[C@@H]1c1cc(F)ccc1F)nn2COCC[Si](C)(C)C. The highest BCUT2D eigenvalue weighted by atomic mass is 28.3. The van der Waals surface area contributed by atoms with E-state index in [0.29, 0.717) is 40.3 Å². The molecule has 0 radical (unpaired) electrons. The van der Waals surface area contributed by atoms with Crippen molar-refractivity contribution in [3.8, 4) is 11.3 Å². The quantitative estimate of drug-likeness (QED) is 0.116. The van der Waals surface area contributed by atoms with Crippen LogP contribution in [-0.2, 0) is 18.0 Å². The van der Waals surface area contributed by atoms with Crippen LogP contribution in [0.2, 0.25) is 25.7 Å². The summed E-state index contributed by atoms with van der Waals surface area (Å²) in [6.07, 6.45) is -0.762. The van der Waals surface area contributed by atoms with E-state index in [2.05, 4.69) is 29.7 Å². The fraction of sp³-hybridized carbons (Fsp3) is 0.464. The topological polar surface area (TPSA) is 61.0 Å². The molecule has 1 aliphatic heterocycles. The Hall–Kier alpha value is -3.32. The number of aromatic nitrogens is 5. The molecule has 0 unspecified atom stereocenters. The smallest absolute Gasteiger partial charge is 0.257 e. The maximum absolute atomic E-state index is 14.9. The number of anilines is 1. The Morgan fingerprint density at radius 2 is 1.90 bits per heavy atom. The van der Waals surface area contributed by atoms with Crippen LogP contribution in [0.1, 0.15) is 23.6 Å². The maximum atomic E-state index is 14.9. The Morgan fingerprint density at radius 1 is 1.12 bits per heavy atom. The number of benzene rings is 1. The first kappa shape index (κ1) is 29.2. The lowest BCUT2D eigenvalue weighted by Crippen LogP contribution is -2.25. The number of aryl methyl sites for hydroxylation is 1. The molecule has 0 saturated carbocycles. The van der Waals surface area contributed by atoms with Crippen LogP contribution in [0.25, 0.3) is 22.3 Å². The van der Waals surface area contributed by atoms with Crippen LogP contribution in [-0.4, -0.2) is 58.4 Å². The lowest BCUT2D eigenvalue weighted by molar-refractivity contribution is 0.0814. The van der Waals surface area contributed by atoms with Crippen LogP contribution in [0.5, 0.6) is 0 Å². The fourth-order valence-electron chi connectivity index (χ4n) is 5.13. The minimum Gasteiger partial charge on any atom is -0.359 e. The standard InChI is InChI=1S/C28H33F5N6OSi/c1-17-13-37(15-25(32)33)35-26(17)18-9-22-27(34-12-18)39(16-40-7-8-41(2,3)4)36-28(22)38-14-20(30)11-24(38)21-10-19(29)5-6-23(21)31/h5-6,9-10,12-13,20,24-25H,7-8,11,14-16H2,1-4H3/t20-,24+/m0/s1. The van der Waals surface area contributed by atoms with Gasteiger partial charge in [0, 0.05) is 44.6 Å². The molecule has 13 heteroatoms. The van der Waals surface area contributed by atoms with Crippen molar-refractivity contribution in [3.63, 3.8) is 0 Å². The summed E-state index contributed by atoms with van der Waals surface area (Å²) in [5, 5.41) is 9.59. The van der Waals surface area contributed by atoms with Gasteiger partial charge < -0.3 is 9.64 Å². The molecule has 1 aliphatic rings. The van der Waals surface area contributed by atoms with Gasteiger partial charge in [-0.15, -0.1) is 0 Å². The lowest BCUT2D eigenvalue weighted by atomic mass is 10.0. The molecule has 0 bridgehead atoms. The Labute approximate surface area is 235 Å². The van der Waals surface area contributed by atoms with Crippen molar-refractivity contribution >= 4 is 24.9 Å². The molecule has 1 aromatic carbocycles. The molecule has 220 valence electrons. The van der Waals surface area contributed by atoms with Gasteiger partial charge in [-0.05, 0) is 42.8 Å². The van der Waals surface area contributed by atoms with Crippen LogP contribution < -0.4 is 4.90 Å². The first-order chi connectivity index (χ1) is 19.4. The van der Waals surface area contributed by atoms with E-state index in [9.17, 15) is 22.0 Å². The third-order valence-electron chi connectivity index (χ3n) is 7.16. The van der Waals surface area contributed by atoms with Crippen LogP contribution in [0.15, 0.2) is 36.7 Å². The lowest BCUT2D eigenvalue weighted by Gasteiger charge is -2.25. The van der Waals surface area contributed by atoms with E-state index >= 15 is 0 Å². The molecule has 7 nitrogen and oxygen atoms in total. The van der Waals surface area contributed by atoms with Crippen molar-refractivity contribution in [1.29, 1.82) is 0 Å². The number of hydrogen-bond donors (Lipinski definition) is 0. The van der Waals surface area contributed by atoms with Crippen molar-refractivity contribution in [2.75, 3.05) is 18.1 Å². The number of pyridine rings is 1. The average molecular weight is 593 g/mol. The second-order valence-corrected chi connectivity index (χ2v) is 17.3. The Kier molecular flexibility index (Phi) is 8.19. The van der Waals surface area contributed by atoms with Gasteiger partial charge in [0.15, 0.2) is 11.5 Å². The molecule has 4 aromatic rings. The van der Waals surface area contributed by atoms with E-state index in [0.717, 1.165) is 24.2 Å². The summed E-state index contributed by atoms with van der Waals surface area (Å²) in [5.41, 5.74) is 2.22. The summed E-state index contributed by atoms with van der Waals surface area (Å²) in [7, 11) is -1.33. The van der Waals surface area contributed by atoms with Crippen molar-refractivity contribution in [2.24, 2.45) is 0 Å². The molecule has 0 amide bonds. The Bertz CT molecular complexity index is 1530. The highest BCUT2D eigenvalue weighted by molar-refractivity contribution is 6.76. The summed E-state index contributed by atoms with van der Waals surface area (Å²) in [6.45, 7) is 8.53. The summed E-state index contributed by atoms with van der Waals surface area (Å²) in [5.74, 6) is -0.900. The monoisotopic (exact) mass is 592 g/mol. The van der Waals surface area contributed by atoms with Gasteiger partial charge in [-0.3, -0.25) is 4.68 Å². The molecule has 5 rings (SSSR count). The highest BCUT2D eigenvalue weighted by Gasteiger charge is 2.37. The van der Waals surface area contributed by atoms with Gasteiger partial charge in [0.1, 0.15) is 31.1 Å². The number of ether oxygens (including phenoxy) is 1. The van der Waals surface area contributed by atoms with Gasteiger partial charge in [-0.25, -0.2) is 31.6 Å². The van der Waals surface area contributed by atoms with Gasteiger partial charge in [0.05, 0.1) is 23.7 Å². The normalized spacial score (nSPS) is 17.9. The van der Waals surface area contributed by atoms with Gasteiger partial charge in [0.25, 0.3) is 6.43 Å². The van der Waals surface area contributed by atoms with Gasteiger partial charge in [-0.1, -0.05) is 19.6 Å². The Morgan fingerprint density at radius 3 is 2.63 bits per heavy atom. The average Bonchev–Trinajstić information content (AvgIpc) is 3.56. The number of fused-ring (bicyclic) bond motifs is 1. The predicted molar refractivity (Wildman–Crippen MR) is 150 cm³/mol. The molecule has 3 aromatic heterocycles. The van der Waals surface area contributed by atoms with Crippen molar-refractivity contribution in [2.45, 2.75) is 70.9 Å². The van der Waals surface area contributed by atoms with E-state index in [1.165, 1.54) is 4.68 Å². The molecular weight excluding hydrogens is 559 g/mol. The van der Waals surface area contributed by atoms with E-state index in [1.807, 2.05) is 0 Å². The molecule has 2 atom stereocenters. The summed E-state index contributed by atoms with van der Waals surface area (Å²) in [6, 6.07) is 5.08. The first-order valence-electron chi connectivity index (χ1n) is 13.5. The summed E-state index contributed by atoms with van der Waals surface area (Å²) in [4.78, 5) is 6.25. The number of nitrogens with zero attached hydrogens (tertiary/aromatic N) is 6. The van der Waals surface area contributed by atoms with Crippen LogP contribution in [0, 0.1) is 18.6 Å². The largest absolute Gasteiger partial charge is 0.359 e. The molecule has 0 spiro atoms. The van der Waals surface area contributed by atoms with E-state index in [-0.39, 0.29) is 25.3 Å². The van der Waals surface area contributed by atoms with E-state index < -0.39 is 44.9 Å². The molecule has 0 aliphatic carbocycles. The third kappa shape index (κ3) is 6.45. The predicted octanol–water partition coefficient (Wildman–Crippen LogP) is 6.75. The second kappa shape index (κ2) is 11.5. The molecule has 1 saturated heterocycles. The number of rotatable bonds is 10. The van der Waals surface area contributed by atoms with Crippen molar-refractivity contribution in [1.82, 2.24) is 24.5 Å². The molecule has 1 fully saturated rings. The van der Waals surface area contributed by atoms with Gasteiger partial charge in [-0.2, -0.15) is 10.2 Å². The van der Waals surface area contributed by atoms with Gasteiger partial charge in [0.2, 0.25) is 0 Å². The highest BCUT2D eigenvalue weighted by Crippen LogP contribution is 2.41. The van der Waals surface area contributed by atoms with Gasteiger partial charge >= 0.3 is 0 Å². The van der Waals surface area contributed by atoms with Crippen LogP contribution in [0.4, 0.5) is 27.8 Å². The van der Waals surface area contributed by atoms with E-state index in [4.69, 9.17) is 9.84 Å². The fourth-order valence-corrected chi connectivity index (χ4v) is 5.89. The van der Waals surface area contributed by atoms with Crippen molar-refractivity contribution in [3.05, 3.63) is 59.4 Å². The molecule has 4 heterocycles. The van der Waals surface area contributed by atoms with E-state index in [1.54, 1.807) is 35.0 Å². The van der Waals surface area contributed by atoms with Crippen molar-refractivity contribution < 1.29 is 26.7 Å². The minimum atomic E-state index is -2.56. The Balaban J connectivity index is 1.57. The van der Waals surface area contributed by atoms with Crippen LogP contribution >= 0.6 is 0 Å². The molecular formula is C28H33F5N6OSi. The molecule has 41 heavy (non-hydrogen) atoms. The summed E-state index contributed by atoms with van der Waals surface area (Å²) >= 11 is 0. The maximum Gasteiger partial charge on any atom is 0.257 e. The zero-order chi connectivity index (χ0) is 29.5. The number of hydrogen-bond acceptors (Lipinski definition) is 5. The number of halogens is 5. The number of alkyl halides is 3. The second-order valence-electron chi connectivity index (χ2n) is 11.7. The summed E-state index contributed by atoms with van der Waals surface area (Å²) < 4.78 is 78.5.